The van der Waals surface area contributed by atoms with Gasteiger partial charge >= 0.3 is 0 Å². The van der Waals surface area contributed by atoms with E-state index in [1.807, 2.05) is 12.1 Å². The molecule has 1 aromatic heterocycles. The van der Waals surface area contributed by atoms with E-state index in [1.54, 1.807) is 0 Å². The van der Waals surface area contributed by atoms with Gasteiger partial charge in [0.1, 0.15) is 13.2 Å². The molecule has 2 aromatic rings. The standard InChI is InChI=1S/C13H17N3O2/c1-8(2)7-14-13-15-9-5-11-12(6-10(9)16-13)18-4-3-17-11/h5-6,8H,3-4,7H2,1-2H3,(H2,14,15,16). The van der Waals surface area contributed by atoms with E-state index in [9.17, 15) is 0 Å². The zero-order chi connectivity index (χ0) is 12.5. The van der Waals surface area contributed by atoms with Crippen molar-refractivity contribution in [1.82, 2.24) is 9.97 Å². The minimum atomic E-state index is 0.582. The fourth-order valence-corrected chi connectivity index (χ4v) is 1.93. The van der Waals surface area contributed by atoms with Crippen LogP contribution in [0.25, 0.3) is 11.0 Å². The van der Waals surface area contributed by atoms with Crippen molar-refractivity contribution in [2.75, 3.05) is 25.1 Å². The maximum absolute atomic E-state index is 5.55. The number of rotatable bonds is 3. The third-order valence-corrected chi connectivity index (χ3v) is 2.82. The Labute approximate surface area is 106 Å². The first-order valence-electron chi connectivity index (χ1n) is 6.25. The summed E-state index contributed by atoms with van der Waals surface area (Å²) >= 11 is 0. The van der Waals surface area contributed by atoms with Crippen LogP contribution in [-0.2, 0) is 0 Å². The third-order valence-electron chi connectivity index (χ3n) is 2.82. The number of hydrogen-bond acceptors (Lipinski definition) is 4. The summed E-state index contributed by atoms with van der Waals surface area (Å²) < 4.78 is 11.1. The van der Waals surface area contributed by atoms with Crippen LogP contribution in [0, 0.1) is 5.92 Å². The zero-order valence-corrected chi connectivity index (χ0v) is 10.6. The van der Waals surface area contributed by atoms with Gasteiger partial charge in [-0.05, 0) is 5.92 Å². The molecule has 0 unspecified atom stereocenters. The molecule has 1 aliphatic rings. The van der Waals surface area contributed by atoms with Gasteiger partial charge in [0, 0.05) is 18.7 Å². The summed E-state index contributed by atoms with van der Waals surface area (Å²) in [7, 11) is 0. The first-order valence-corrected chi connectivity index (χ1v) is 6.25. The van der Waals surface area contributed by atoms with Crippen LogP contribution in [-0.4, -0.2) is 29.7 Å². The Bertz CT molecular complexity index is 520. The second kappa shape index (κ2) is 4.40. The largest absolute Gasteiger partial charge is 0.486 e. The van der Waals surface area contributed by atoms with Crippen LogP contribution in [0.1, 0.15) is 13.8 Å². The number of aromatic nitrogens is 2. The minimum absolute atomic E-state index is 0.582. The summed E-state index contributed by atoms with van der Waals surface area (Å²) in [5.41, 5.74) is 1.86. The Morgan fingerprint density at radius 1 is 1.28 bits per heavy atom. The number of nitrogens with zero attached hydrogens (tertiary/aromatic N) is 1. The van der Waals surface area contributed by atoms with Crippen molar-refractivity contribution in [2.24, 2.45) is 5.92 Å². The van der Waals surface area contributed by atoms with Gasteiger partial charge < -0.3 is 19.8 Å². The average Bonchev–Trinajstić information content (AvgIpc) is 2.75. The summed E-state index contributed by atoms with van der Waals surface area (Å²) in [5, 5.41) is 3.28. The number of aromatic amines is 1. The van der Waals surface area contributed by atoms with Crippen LogP contribution in [0.2, 0.25) is 0 Å². The highest BCUT2D eigenvalue weighted by molar-refractivity contribution is 5.81. The van der Waals surface area contributed by atoms with E-state index < -0.39 is 0 Å². The molecule has 0 amide bonds. The fourth-order valence-electron chi connectivity index (χ4n) is 1.93. The van der Waals surface area contributed by atoms with E-state index >= 15 is 0 Å². The van der Waals surface area contributed by atoms with Crippen LogP contribution in [0.15, 0.2) is 12.1 Å². The third kappa shape index (κ3) is 2.08. The summed E-state index contributed by atoms with van der Waals surface area (Å²) in [6.45, 7) is 6.42. The molecule has 3 rings (SSSR count). The van der Waals surface area contributed by atoms with Crippen molar-refractivity contribution >= 4 is 17.0 Å². The van der Waals surface area contributed by atoms with Crippen molar-refractivity contribution < 1.29 is 9.47 Å². The van der Waals surface area contributed by atoms with Gasteiger partial charge in [0.2, 0.25) is 5.95 Å². The molecule has 5 nitrogen and oxygen atoms in total. The topological polar surface area (TPSA) is 59.2 Å². The van der Waals surface area contributed by atoms with Crippen LogP contribution >= 0.6 is 0 Å². The lowest BCUT2D eigenvalue weighted by atomic mass is 10.2. The second-order valence-corrected chi connectivity index (χ2v) is 4.87. The number of fused-ring (bicyclic) bond motifs is 2. The maximum Gasteiger partial charge on any atom is 0.201 e. The number of benzene rings is 1. The van der Waals surface area contributed by atoms with Gasteiger partial charge in [0.05, 0.1) is 11.0 Å². The monoisotopic (exact) mass is 247 g/mol. The molecule has 0 radical (unpaired) electrons. The average molecular weight is 247 g/mol. The fraction of sp³-hybridized carbons (Fsp3) is 0.462. The second-order valence-electron chi connectivity index (χ2n) is 4.87. The number of ether oxygens (including phenoxy) is 2. The van der Waals surface area contributed by atoms with Crippen LogP contribution in [0.4, 0.5) is 5.95 Å². The predicted octanol–water partition coefficient (Wildman–Crippen LogP) is 2.40. The molecule has 0 bridgehead atoms. The van der Waals surface area contributed by atoms with Crippen LogP contribution in [0.3, 0.4) is 0 Å². The molecular formula is C13H17N3O2. The Balaban J connectivity index is 1.91. The van der Waals surface area contributed by atoms with Crippen molar-refractivity contribution in [1.29, 1.82) is 0 Å². The van der Waals surface area contributed by atoms with E-state index in [1.165, 1.54) is 0 Å². The lowest BCUT2D eigenvalue weighted by molar-refractivity contribution is 0.172. The molecule has 1 aromatic carbocycles. The zero-order valence-electron chi connectivity index (χ0n) is 10.6. The smallest absolute Gasteiger partial charge is 0.201 e. The predicted molar refractivity (Wildman–Crippen MR) is 70.4 cm³/mol. The van der Waals surface area contributed by atoms with Gasteiger partial charge in [-0.25, -0.2) is 4.98 Å². The molecule has 0 saturated carbocycles. The normalized spacial score (nSPS) is 14.2. The number of anilines is 1. The van der Waals surface area contributed by atoms with Gasteiger partial charge in [0.15, 0.2) is 11.5 Å². The molecule has 0 aliphatic carbocycles. The van der Waals surface area contributed by atoms with E-state index in [2.05, 4.69) is 29.1 Å². The summed E-state index contributed by atoms with van der Waals surface area (Å²) in [6, 6.07) is 3.86. The molecular weight excluding hydrogens is 230 g/mol. The lowest BCUT2D eigenvalue weighted by Crippen LogP contribution is -2.15. The molecule has 2 N–H and O–H groups in total. The SMILES string of the molecule is CC(C)CNc1nc2cc3c(cc2[nH]1)OCCO3. The van der Waals surface area contributed by atoms with E-state index in [0.29, 0.717) is 19.1 Å². The maximum atomic E-state index is 5.55. The number of H-pyrrole nitrogens is 1. The minimum Gasteiger partial charge on any atom is -0.486 e. The molecule has 0 atom stereocenters. The first kappa shape index (κ1) is 11.2. The highest BCUT2D eigenvalue weighted by Gasteiger charge is 2.14. The van der Waals surface area contributed by atoms with Gasteiger partial charge in [-0.3, -0.25) is 0 Å². The Morgan fingerprint density at radius 3 is 2.72 bits per heavy atom. The van der Waals surface area contributed by atoms with Gasteiger partial charge in [0.25, 0.3) is 0 Å². The number of imidazole rings is 1. The Morgan fingerprint density at radius 2 is 2.00 bits per heavy atom. The van der Waals surface area contributed by atoms with Crippen molar-refractivity contribution in [2.45, 2.75) is 13.8 Å². The summed E-state index contributed by atoms with van der Waals surface area (Å²) in [5.74, 6) is 2.93. The summed E-state index contributed by atoms with van der Waals surface area (Å²) in [4.78, 5) is 7.73. The molecule has 0 saturated heterocycles. The van der Waals surface area contributed by atoms with E-state index in [-0.39, 0.29) is 0 Å². The molecule has 2 heterocycles. The van der Waals surface area contributed by atoms with Crippen LogP contribution < -0.4 is 14.8 Å². The molecule has 0 spiro atoms. The molecule has 96 valence electrons. The van der Waals surface area contributed by atoms with Crippen LogP contribution in [0.5, 0.6) is 11.5 Å². The molecule has 0 fully saturated rings. The number of nitrogens with one attached hydrogen (secondary N) is 2. The van der Waals surface area contributed by atoms with Gasteiger partial charge in [-0.2, -0.15) is 0 Å². The Kier molecular flexibility index (Phi) is 2.74. The quantitative estimate of drug-likeness (QED) is 0.874. The van der Waals surface area contributed by atoms with E-state index in [0.717, 1.165) is 35.0 Å². The lowest BCUT2D eigenvalue weighted by Gasteiger charge is -2.17. The van der Waals surface area contributed by atoms with Crippen molar-refractivity contribution in [3.63, 3.8) is 0 Å². The highest BCUT2D eigenvalue weighted by Crippen LogP contribution is 2.34. The molecule has 18 heavy (non-hydrogen) atoms. The van der Waals surface area contributed by atoms with Crippen molar-refractivity contribution in [3.05, 3.63) is 12.1 Å². The van der Waals surface area contributed by atoms with Crippen molar-refractivity contribution in [3.8, 4) is 11.5 Å². The molecule has 1 aliphatic heterocycles. The first-order chi connectivity index (χ1) is 8.72. The number of hydrogen-bond donors (Lipinski definition) is 2. The summed E-state index contributed by atoms with van der Waals surface area (Å²) in [6.07, 6.45) is 0. The van der Waals surface area contributed by atoms with E-state index in [4.69, 9.17) is 9.47 Å². The molecule has 5 heteroatoms. The highest BCUT2D eigenvalue weighted by atomic mass is 16.6. The van der Waals surface area contributed by atoms with Gasteiger partial charge in [-0.1, -0.05) is 13.8 Å². The Hall–Kier alpha value is -1.91. The van der Waals surface area contributed by atoms with Gasteiger partial charge in [-0.15, -0.1) is 0 Å².